The van der Waals surface area contributed by atoms with Gasteiger partial charge in [0, 0.05) is 82.4 Å². The molecule has 0 atom stereocenters. The van der Waals surface area contributed by atoms with E-state index in [-0.39, 0.29) is 0 Å². The Labute approximate surface area is 728 Å². The SMILES string of the molecule is c1ccc(-c2nc(-c3ccc4ccccc4c3)nc(-c3ccc(-c4ccc5oc6ccccc6c5c4)c4ccccc34)n2)cc1.c1ccc(-c2nc(-c3ccccc3)nc(-c3ccc(-c4ccc5c(c4)oc4ccccc45)c4ccccc34)n2)cc1.c1ccc(-c2nc(-c3ccccc3)nc(-c3ccc(-c4ccc5oc6ccccc6c5c4)c4ccccc34)n2)cc1. The number of hydrogen-bond donors (Lipinski definition) is 0. The number of fused-ring (bicyclic) bond motifs is 13. The fourth-order valence-electron chi connectivity index (χ4n) is 17.4. The van der Waals surface area contributed by atoms with Gasteiger partial charge in [0.15, 0.2) is 52.4 Å². The van der Waals surface area contributed by atoms with Gasteiger partial charge in [-0.1, -0.05) is 352 Å². The third-order valence-electron chi connectivity index (χ3n) is 23.6. The van der Waals surface area contributed by atoms with Gasteiger partial charge < -0.3 is 13.3 Å². The number of rotatable bonds is 12. The molecule has 594 valence electrons. The number of furan rings is 3. The molecule has 0 bridgehead atoms. The number of hydrogen-bond acceptors (Lipinski definition) is 12. The molecule has 25 aromatic rings. The summed E-state index contributed by atoms with van der Waals surface area (Å²) in [4.78, 5) is 44.8. The van der Waals surface area contributed by atoms with E-state index in [0.717, 1.165) is 187 Å². The first-order valence-electron chi connectivity index (χ1n) is 42.3. The predicted octanol–water partition coefficient (Wildman–Crippen LogP) is 29.9. The number of para-hydroxylation sites is 3. The molecule has 0 saturated carbocycles. The maximum absolute atomic E-state index is 6.20. The molecule has 0 saturated heterocycles. The first-order valence-corrected chi connectivity index (χ1v) is 42.3. The van der Waals surface area contributed by atoms with Crippen molar-refractivity contribution in [1.29, 1.82) is 0 Å². The second kappa shape index (κ2) is 32.2. The molecular formula is C115H71N9O3. The van der Waals surface area contributed by atoms with Crippen LogP contribution in [0.5, 0.6) is 0 Å². The Morgan fingerprint density at radius 2 is 0.354 bits per heavy atom. The van der Waals surface area contributed by atoms with Crippen molar-refractivity contribution in [2.45, 2.75) is 0 Å². The number of nitrogens with zero attached hydrogens (tertiary/aromatic N) is 9. The van der Waals surface area contributed by atoms with Crippen LogP contribution < -0.4 is 0 Å². The van der Waals surface area contributed by atoms with E-state index in [1.807, 2.05) is 194 Å². The highest BCUT2D eigenvalue weighted by molar-refractivity contribution is 6.13. The molecule has 127 heavy (non-hydrogen) atoms. The minimum absolute atomic E-state index is 0.644. The van der Waals surface area contributed by atoms with E-state index in [2.05, 4.69) is 237 Å². The zero-order valence-electron chi connectivity index (χ0n) is 68.2. The molecule has 0 aliphatic rings. The van der Waals surface area contributed by atoms with Crippen LogP contribution in [0.3, 0.4) is 0 Å². The smallest absolute Gasteiger partial charge is 0.164 e. The zero-order chi connectivity index (χ0) is 84.1. The standard InChI is InChI=1S/C41H25N3O.2C37H23N3O/c1-2-11-27(12-3-1)39-42-40(30-19-18-26-10-4-5-13-28(26)24-30)44-41(43-39)35-22-21-31(32-14-6-7-15-33(32)35)29-20-23-38-36(25-29)34-16-8-9-17-37(34)45-38;1-3-11-24(12-4-1)35-38-36(25-13-5-2-6-14-25)40-37(39-35)31-21-20-27(28-15-7-8-16-29(28)31)26-19-22-34-32(23-26)30-17-9-10-18-33(30)41-34;1-3-11-24(12-4-1)35-38-36(25-13-5-2-6-14-25)40-37(39-35)32-22-21-27(28-15-7-8-16-29(28)32)26-19-20-31-30-17-9-10-18-33(30)41-34(31)23-26/h1-25H;2*1-23H. The Kier molecular flexibility index (Phi) is 19.0. The van der Waals surface area contributed by atoms with Crippen molar-refractivity contribution in [3.8, 4) is 136 Å². The van der Waals surface area contributed by atoms with E-state index in [9.17, 15) is 0 Å². The highest BCUT2D eigenvalue weighted by Gasteiger charge is 2.23. The van der Waals surface area contributed by atoms with Crippen molar-refractivity contribution in [3.63, 3.8) is 0 Å². The summed E-state index contributed by atoms with van der Waals surface area (Å²) in [5, 5.41) is 15.7. The van der Waals surface area contributed by atoms with Crippen molar-refractivity contribution in [2.24, 2.45) is 0 Å². The fourth-order valence-corrected chi connectivity index (χ4v) is 17.4. The Morgan fingerprint density at radius 3 is 0.717 bits per heavy atom. The summed E-state index contributed by atoms with van der Waals surface area (Å²) in [6.07, 6.45) is 0. The molecular weight excluding hydrogens is 1560 g/mol. The Bertz CT molecular complexity index is 8410. The predicted molar refractivity (Wildman–Crippen MR) is 517 cm³/mol. The average Bonchev–Trinajstić information content (AvgIpc) is 1.54. The van der Waals surface area contributed by atoms with Gasteiger partial charge >= 0.3 is 0 Å². The zero-order valence-corrected chi connectivity index (χ0v) is 68.2. The van der Waals surface area contributed by atoms with Crippen LogP contribution in [0.2, 0.25) is 0 Å². The molecule has 6 aromatic heterocycles. The summed E-state index contributed by atoms with van der Waals surface area (Å²) in [5.41, 5.74) is 20.8. The van der Waals surface area contributed by atoms with Crippen LogP contribution >= 0.6 is 0 Å². The molecule has 6 heterocycles. The first-order chi connectivity index (χ1) is 62.9. The maximum atomic E-state index is 6.20. The van der Waals surface area contributed by atoms with E-state index >= 15 is 0 Å². The van der Waals surface area contributed by atoms with Gasteiger partial charge in [-0.25, -0.2) is 44.9 Å². The summed E-state index contributed by atoms with van der Waals surface area (Å²) in [7, 11) is 0. The first kappa shape index (κ1) is 74.7. The van der Waals surface area contributed by atoms with E-state index in [0.29, 0.717) is 52.4 Å². The monoisotopic (exact) mass is 1630 g/mol. The lowest BCUT2D eigenvalue weighted by Gasteiger charge is -2.13. The van der Waals surface area contributed by atoms with Crippen LogP contribution in [-0.2, 0) is 0 Å². The van der Waals surface area contributed by atoms with Crippen molar-refractivity contribution in [2.75, 3.05) is 0 Å². The summed E-state index contributed by atoms with van der Waals surface area (Å²) >= 11 is 0. The van der Waals surface area contributed by atoms with Crippen molar-refractivity contribution in [1.82, 2.24) is 44.9 Å². The van der Waals surface area contributed by atoms with Crippen molar-refractivity contribution in [3.05, 3.63) is 431 Å². The molecule has 12 nitrogen and oxygen atoms in total. The largest absolute Gasteiger partial charge is 0.456 e. The van der Waals surface area contributed by atoms with Gasteiger partial charge in [-0.2, -0.15) is 0 Å². The highest BCUT2D eigenvalue weighted by atomic mass is 16.3. The van der Waals surface area contributed by atoms with Gasteiger partial charge in [0.05, 0.1) is 0 Å². The number of aromatic nitrogens is 9. The lowest BCUT2D eigenvalue weighted by atomic mass is 9.94. The lowest BCUT2D eigenvalue weighted by molar-refractivity contribution is 0.668. The van der Waals surface area contributed by atoms with Crippen LogP contribution in [0.25, 0.3) is 245 Å². The topological polar surface area (TPSA) is 155 Å². The lowest BCUT2D eigenvalue weighted by Crippen LogP contribution is -2.00. The second-order valence-electron chi connectivity index (χ2n) is 31.4. The molecule has 12 heteroatoms. The summed E-state index contributed by atoms with van der Waals surface area (Å²) in [5.74, 6) is 5.84. The number of benzene rings is 19. The van der Waals surface area contributed by atoms with E-state index in [1.54, 1.807) is 0 Å². The molecule has 0 aliphatic heterocycles. The van der Waals surface area contributed by atoms with Crippen LogP contribution in [0, 0.1) is 0 Å². The maximum Gasteiger partial charge on any atom is 0.164 e. The quantitative estimate of drug-likeness (QED) is 0.114. The third kappa shape index (κ3) is 14.2. The van der Waals surface area contributed by atoms with Crippen molar-refractivity contribution < 1.29 is 13.3 Å². The summed E-state index contributed by atoms with van der Waals surface area (Å²) in [6.45, 7) is 0. The Morgan fingerprint density at radius 1 is 0.118 bits per heavy atom. The molecule has 0 unspecified atom stereocenters. The molecule has 0 amide bonds. The highest BCUT2D eigenvalue weighted by Crippen LogP contribution is 2.44. The molecule has 0 aliphatic carbocycles. The van der Waals surface area contributed by atoms with Gasteiger partial charge in [-0.15, -0.1) is 0 Å². The summed E-state index contributed by atoms with van der Waals surface area (Å²) < 4.78 is 18.4. The Balaban J connectivity index is 0.000000109. The average molecular weight is 1630 g/mol. The normalized spacial score (nSPS) is 11.5. The van der Waals surface area contributed by atoms with Gasteiger partial charge in [0.25, 0.3) is 0 Å². The fraction of sp³-hybridized carbons (Fsp3) is 0. The van der Waals surface area contributed by atoms with E-state index in [1.165, 1.54) is 5.39 Å². The molecule has 0 fully saturated rings. The van der Waals surface area contributed by atoms with Crippen LogP contribution in [0.4, 0.5) is 0 Å². The molecule has 25 rings (SSSR count). The minimum Gasteiger partial charge on any atom is -0.456 e. The molecule has 0 N–H and O–H groups in total. The second-order valence-corrected chi connectivity index (χ2v) is 31.4. The molecule has 0 spiro atoms. The van der Waals surface area contributed by atoms with Gasteiger partial charge in [-0.3, -0.25) is 0 Å². The molecule has 19 aromatic carbocycles. The minimum atomic E-state index is 0.644. The van der Waals surface area contributed by atoms with Gasteiger partial charge in [0.1, 0.15) is 33.5 Å². The van der Waals surface area contributed by atoms with E-state index < -0.39 is 0 Å². The Hall–Kier alpha value is -17.4. The third-order valence-corrected chi connectivity index (χ3v) is 23.6. The van der Waals surface area contributed by atoms with Crippen LogP contribution in [-0.4, -0.2) is 44.9 Å². The van der Waals surface area contributed by atoms with E-state index in [4.69, 9.17) is 58.1 Å². The van der Waals surface area contributed by atoms with Crippen LogP contribution in [0.1, 0.15) is 0 Å². The van der Waals surface area contributed by atoms with Gasteiger partial charge in [-0.05, 0) is 155 Å². The summed E-state index contributed by atoms with van der Waals surface area (Å²) in [6, 6.07) is 147. The molecule has 0 radical (unpaired) electrons. The van der Waals surface area contributed by atoms with Crippen LogP contribution in [0.15, 0.2) is 444 Å². The van der Waals surface area contributed by atoms with Gasteiger partial charge in [0.2, 0.25) is 0 Å². The van der Waals surface area contributed by atoms with Crippen molar-refractivity contribution >= 4 is 109 Å².